The number of nitrogens with two attached hydrogens (primary N) is 1. The summed E-state index contributed by atoms with van der Waals surface area (Å²) in [5.74, 6) is 0.852. The minimum atomic E-state index is 0.845. The number of nitrogens with zero attached hydrogens (tertiary/aromatic N) is 2. The van der Waals surface area contributed by atoms with Gasteiger partial charge in [0.15, 0.2) is 0 Å². The zero-order valence-electron chi connectivity index (χ0n) is 15.5. The maximum Gasteiger partial charge on any atom is 0.0500 e. The van der Waals surface area contributed by atoms with Gasteiger partial charge in [0.1, 0.15) is 0 Å². The Hall–Kier alpha value is -2.26. The second-order valence-corrected chi connectivity index (χ2v) is 7.66. The van der Waals surface area contributed by atoms with Gasteiger partial charge in [-0.15, -0.1) is 0 Å². The number of aromatic nitrogens is 1. The summed E-state index contributed by atoms with van der Waals surface area (Å²) in [5, 5.41) is 1.28. The van der Waals surface area contributed by atoms with Crippen molar-refractivity contribution < 1.29 is 0 Å². The molecule has 2 aromatic carbocycles. The molecule has 1 aliphatic rings. The molecular weight excluding hydrogens is 318 g/mol. The van der Waals surface area contributed by atoms with Crippen LogP contribution in [0, 0.1) is 5.92 Å². The molecule has 1 aromatic heterocycles. The van der Waals surface area contributed by atoms with E-state index in [2.05, 4.69) is 64.2 Å². The van der Waals surface area contributed by atoms with Gasteiger partial charge in [-0.25, -0.2) is 0 Å². The maximum atomic E-state index is 5.94. The highest BCUT2D eigenvalue weighted by Crippen LogP contribution is 2.22. The van der Waals surface area contributed by atoms with Gasteiger partial charge in [-0.2, -0.15) is 0 Å². The first-order chi connectivity index (χ1) is 12.8. The lowest BCUT2D eigenvalue weighted by Gasteiger charge is -2.32. The van der Waals surface area contributed by atoms with E-state index >= 15 is 0 Å². The minimum absolute atomic E-state index is 0.845. The minimum Gasteiger partial charge on any atom is -0.399 e. The molecule has 0 unspecified atom stereocenters. The number of piperidine rings is 1. The molecule has 1 saturated heterocycles. The van der Waals surface area contributed by atoms with E-state index in [9.17, 15) is 0 Å². The van der Waals surface area contributed by atoms with Gasteiger partial charge in [0.25, 0.3) is 0 Å². The number of hydrogen-bond acceptors (Lipinski definition) is 2. The fourth-order valence-electron chi connectivity index (χ4n) is 4.22. The van der Waals surface area contributed by atoms with Crippen LogP contribution in [-0.4, -0.2) is 29.1 Å². The van der Waals surface area contributed by atoms with Crippen LogP contribution in [0.5, 0.6) is 0 Å². The summed E-state index contributed by atoms with van der Waals surface area (Å²) in [5.41, 5.74) is 9.54. The van der Waals surface area contributed by atoms with Gasteiger partial charge < -0.3 is 15.2 Å². The third-order valence-electron chi connectivity index (χ3n) is 5.75. The van der Waals surface area contributed by atoms with Crippen LogP contribution in [0.15, 0.2) is 60.8 Å². The number of fused-ring (bicyclic) bond motifs is 1. The smallest absolute Gasteiger partial charge is 0.0500 e. The zero-order chi connectivity index (χ0) is 17.8. The number of rotatable bonds is 6. The van der Waals surface area contributed by atoms with E-state index in [0.29, 0.717) is 0 Å². The van der Waals surface area contributed by atoms with Crippen molar-refractivity contribution in [1.82, 2.24) is 9.47 Å². The number of hydrogen-bond donors (Lipinski definition) is 1. The molecule has 0 atom stereocenters. The number of aryl methyl sites for hydroxylation is 1. The van der Waals surface area contributed by atoms with Crippen LogP contribution in [0.1, 0.15) is 24.8 Å². The third kappa shape index (κ3) is 4.10. The van der Waals surface area contributed by atoms with E-state index in [1.165, 1.54) is 61.8 Å². The summed E-state index contributed by atoms with van der Waals surface area (Å²) in [4.78, 5) is 2.64. The maximum absolute atomic E-state index is 5.94. The van der Waals surface area contributed by atoms with Crippen LogP contribution in [0.25, 0.3) is 10.9 Å². The lowest BCUT2D eigenvalue weighted by Crippen LogP contribution is -2.35. The van der Waals surface area contributed by atoms with Gasteiger partial charge in [-0.3, -0.25) is 0 Å². The van der Waals surface area contributed by atoms with Gasteiger partial charge in [-0.05, 0) is 80.4 Å². The Balaban J connectivity index is 1.23. The summed E-state index contributed by atoms with van der Waals surface area (Å²) in [6.45, 7) is 4.75. The van der Waals surface area contributed by atoms with Gasteiger partial charge in [0, 0.05) is 18.4 Å². The molecule has 0 bridgehead atoms. The van der Waals surface area contributed by atoms with Gasteiger partial charge in [-0.1, -0.05) is 36.4 Å². The van der Waals surface area contributed by atoms with E-state index in [1.54, 1.807) is 0 Å². The summed E-state index contributed by atoms with van der Waals surface area (Å²) in [6.07, 6.45) is 7.29. The van der Waals surface area contributed by atoms with Crippen molar-refractivity contribution in [2.45, 2.75) is 32.2 Å². The molecule has 1 fully saturated rings. The average molecular weight is 348 g/mol. The van der Waals surface area contributed by atoms with E-state index in [-0.39, 0.29) is 0 Å². The molecule has 3 heteroatoms. The number of nitrogen functional groups attached to an aromatic ring is 1. The van der Waals surface area contributed by atoms with Crippen LogP contribution >= 0.6 is 0 Å². The summed E-state index contributed by atoms with van der Waals surface area (Å²) < 4.78 is 2.34. The Morgan fingerprint density at radius 1 is 0.923 bits per heavy atom. The van der Waals surface area contributed by atoms with Crippen molar-refractivity contribution in [3.63, 3.8) is 0 Å². The molecule has 2 heterocycles. The van der Waals surface area contributed by atoms with E-state index in [1.807, 2.05) is 6.07 Å². The molecule has 136 valence electrons. The highest BCUT2D eigenvalue weighted by atomic mass is 15.1. The predicted octanol–water partition coefficient (Wildman–Crippen LogP) is 4.57. The Labute approximate surface area is 156 Å². The summed E-state index contributed by atoms with van der Waals surface area (Å²) >= 11 is 0. The molecule has 3 aromatic rings. The van der Waals surface area contributed by atoms with Crippen molar-refractivity contribution in [3.05, 3.63) is 66.4 Å². The second-order valence-electron chi connectivity index (χ2n) is 7.66. The SMILES string of the molecule is Nc1ccc2ccn(CCCN3CCC(Cc4ccccc4)CC3)c2c1. The molecule has 4 rings (SSSR count). The molecule has 0 aliphatic carbocycles. The molecule has 3 nitrogen and oxygen atoms in total. The van der Waals surface area contributed by atoms with E-state index in [0.717, 1.165) is 18.2 Å². The van der Waals surface area contributed by atoms with Gasteiger partial charge >= 0.3 is 0 Å². The van der Waals surface area contributed by atoms with Crippen LogP contribution in [0.2, 0.25) is 0 Å². The van der Waals surface area contributed by atoms with Gasteiger partial charge in [0.2, 0.25) is 0 Å². The average Bonchev–Trinajstić information content (AvgIpc) is 3.06. The second kappa shape index (κ2) is 7.96. The van der Waals surface area contributed by atoms with Gasteiger partial charge in [0.05, 0.1) is 5.52 Å². The van der Waals surface area contributed by atoms with Crippen molar-refractivity contribution in [2.24, 2.45) is 5.92 Å². The summed E-state index contributed by atoms with van der Waals surface area (Å²) in [7, 11) is 0. The van der Waals surface area contributed by atoms with Crippen molar-refractivity contribution in [2.75, 3.05) is 25.4 Å². The fourth-order valence-corrected chi connectivity index (χ4v) is 4.22. The standard InChI is InChI=1S/C23H29N3/c24-22-8-7-21-11-16-26(23(21)18-22)13-4-12-25-14-9-20(10-15-25)17-19-5-2-1-3-6-19/h1-3,5-8,11,16,18,20H,4,9-10,12-15,17,24H2. The van der Waals surface area contributed by atoms with Crippen molar-refractivity contribution in [3.8, 4) is 0 Å². The zero-order valence-corrected chi connectivity index (χ0v) is 15.5. The first kappa shape index (κ1) is 17.2. The number of benzene rings is 2. The fraction of sp³-hybridized carbons (Fsp3) is 0.391. The monoisotopic (exact) mass is 347 g/mol. The van der Waals surface area contributed by atoms with Crippen molar-refractivity contribution >= 4 is 16.6 Å². The highest BCUT2D eigenvalue weighted by molar-refractivity contribution is 5.83. The third-order valence-corrected chi connectivity index (χ3v) is 5.75. The van der Waals surface area contributed by atoms with Crippen LogP contribution in [0.4, 0.5) is 5.69 Å². The Kier molecular flexibility index (Phi) is 5.26. The van der Waals surface area contributed by atoms with E-state index < -0.39 is 0 Å². The van der Waals surface area contributed by atoms with Crippen LogP contribution in [0.3, 0.4) is 0 Å². The number of anilines is 1. The largest absolute Gasteiger partial charge is 0.399 e. The molecular formula is C23H29N3. The predicted molar refractivity (Wildman–Crippen MR) is 110 cm³/mol. The Morgan fingerprint density at radius 2 is 1.73 bits per heavy atom. The first-order valence-electron chi connectivity index (χ1n) is 9.88. The topological polar surface area (TPSA) is 34.2 Å². The Bertz CT molecular complexity index is 829. The lowest BCUT2D eigenvalue weighted by molar-refractivity contribution is 0.180. The summed E-state index contributed by atoms with van der Waals surface area (Å²) in [6, 6.07) is 19.3. The Morgan fingerprint density at radius 3 is 2.54 bits per heavy atom. The molecule has 0 spiro atoms. The first-order valence-corrected chi connectivity index (χ1v) is 9.88. The lowest BCUT2D eigenvalue weighted by atomic mass is 9.90. The van der Waals surface area contributed by atoms with Crippen LogP contribution in [-0.2, 0) is 13.0 Å². The molecule has 0 saturated carbocycles. The quantitative estimate of drug-likeness (QED) is 0.663. The van der Waals surface area contributed by atoms with Crippen molar-refractivity contribution in [1.29, 1.82) is 0 Å². The van der Waals surface area contributed by atoms with Crippen LogP contribution < -0.4 is 5.73 Å². The molecule has 1 aliphatic heterocycles. The molecule has 0 amide bonds. The highest BCUT2D eigenvalue weighted by Gasteiger charge is 2.19. The molecule has 0 radical (unpaired) electrons. The van der Waals surface area contributed by atoms with E-state index in [4.69, 9.17) is 5.73 Å². The molecule has 26 heavy (non-hydrogen) atoms. The molecule has 2 N–H and O–H groups in total. The normalized spacial score (nSPS) is 16.3. The number of likely N-dealkylation sites (tertiary alicyclic amines) is 1.